The van der Waals surface area contributed by atoms with Gasteiger partial charge in [0.1, 0.15) is 11.5 Å². The predicted octanol–water partition coefficient (Wildman–Crippen LogP) is 2.99. The number of aromatic amines is 1. The van der Waals surface area contributed by atoms with E-state index in [-0.39, 0.29) is 37.4 Å². The van der Waals surface area contributed by atoms with E-state index in [1.54, 1.807) is 24.1 Å². The number of aromatic nitrogens is 2. The summed E-state index contributed by atoms with van der Waals surface area (Å²) in [6.45, 7) is 6.49. The molecule has 39 heavy (non-hydrogen) atoms. The third kappa shape index (κ3) is 5.51. The number of hydrogen-bond acceptors (Lipinski definition) is 6. The third-order valence-electron chi connectivity index (χ3n) is 7.32. The number of likely N-dealkylation sites (N-methyl/N-ethyl adjacent to an activating group) is 1. The lowest BCUT2D eigenvalue weighted by molar-refractivity contribution is -0.123. The number of nitrogens with zero attached hydrogens (tertiary/aromatic N) is 3. The number of rotatable bonds is 2. The number of likely N-dealkylation sites (tertiary alicyclic amines) is 1. The molecule has 2 atom stereocenters. The van der Waals surface area contributed by atoms with Gasteiger partial charge in [0.2, 0.25) is 5.91 Å². The Bertz CT molecular complexity index is 1420. The molecule has 3 aromatic rings. The van der Waals surface area contributed by atoms with Gasteiger partial charge in [-0.3, -0.25) is 19.5 Å². The molecule has 0 spiro atoms. The molecule has 10 heteroatoms. The van der Waals surface area contributed by atoms with E-state index >= 15 is 0 Å². The molecule has 2 N–H and O–H groups in total. The van der Waals surface area contributed by atoms with Gasteiger partial charge in [0.25, 0.3) is 11.8 Å². The van der Waals surface area contributed by atoms with Crippen molar-refractivity contribution in [3.05, 3.63) is 76.1 Å². The van der Waals surface area contributed by atoms with Crippen LogP contribution in [0, 0.1) is 13.8 Å². The number of carbonyl (C=O) groups excluding carboxylic acids is 3. The Morgan fingerprint density at radius 1 is 1.13 bits per heavy atom. The Kier molecular flexibility index (Phi) is 7.38. The van der Waals surface area contributed by atoms with Gasteiger partial charge in [-0.2, -0.15) is 5.10 Å². The van der Waals surface area contributed by atoms with Crippen LogP contribution in [-0.4, -0.2) is 76.5 Å². The molecule has 204 valence electrons. The fourth-order valence-electron chi connectivity index (χ4n) is 5.02. The van der Waals surface area contributed by atoms with Crippen molar-refractivity contribution in [1.29, 1.82) is 0 Å². The summed E-state index contributed by atoms with van der Waals surface area (Å²) in [5.41, 5.74) is 4.31. The van der Waals surface area contributed by atoms with Crippen LogP contribution in [0.4, 0.5) is 0 Å². The normalized spacial score (nSPS) is 19.9. The first-order chi connectivity index (χ1) is 18.7. The summed E-state index contributed by atoms with van der Waals surface area (Å²) >= 11 is 0. The maximum atomic E-state index is 13.4. The number of aryl methyl sites for hydroxylation is 2. The minimum Gasteiger partial charge on any atom is -0.457 e. The van der Waals surface area contributed by atoms with Gasteiger partial charge in [-0.1, -0.05) is 25.1 Å². The van der Waals surface area contributed by atoms with Crippen LogP contribution in [0.1, 0.15) is 50.2 Å². The highest BCUT2D eigenvalue weighted by Crippen LogP contribution is 2.28. The van der Waals surface area contributed by atoms with Crippen molar-refractivity contribution in [1.82, 2.24) is 25.3 Å². The van der Waals surface area contributed by atoms with Crippen LogP contribution in [0.3, 0.4) is 0 Å². The molecule has 2 aliphatic rings. The summed E-state index contributed by atoms with van der Waals surface area (Å²) < 4.78 is 12.4. The van der Waals surface area contributed by atoms with Crippen molar-refractivity contribution in [2.75, 3.05) is 26.7 Å². The number of ether oxygens (including phenoxy) is 2. The van der Waals surface area contributed by atoms with Crippen molar-refractivity contribution < 1.29 is 23.9 Å². The van der Waals surface area contributed by atoms with E-state index < -0.39 is 12.1 Å². The second-order valence-corrected chi connectivity index (χ2v) is 10.2. The molecule has 0 saturated carbocycles. The van der Waals surface area contributed by atoms with E-state index in [0.717, 1.165) is 28.8 Å². The smallest absolute Gasteiger partial charge is 0.274 e. The molecule has 10 nitrogen and oxygen atoms in total. The first-order valence-corrected chi connectivity index (χ1v) is 13.1. The number of H-pyrrole nitrogens is 1. The molecule has 1 aromatic heterocycles. The molecule has 4 bridgehead atoms. The van der Waals surface area contributed by atoms with Crippen LogP contribution in [0.25, 0.3) is 0 Å². The van der Waals surface area contributed by atoms with Crippen LogP contribution >= 0.6 is 0 Å². The van der Waals surface area contributed by atoms with Crippen molar-refractivity contribution >= 4 is 17.7 Å². The van der Waals surface area contributed by atoms with Crippen LogP contribution in [0.5, 0.6) is 11.5 Å². The quantitative estimate of drug-likeness (QED) is 0.525. The zero-order valence-corrected chi connectivity index (χ0v) is 22.6. The molecule has 1 saturated heterocycles. The summed E-state index contributed by atoms with van der Waals surface area (Å²) in [4.78, 5) is 42.5. The van der Waals surface area contributed by atoms with Gasteiger partial charge in [-0.25, -0.2) is 0 Å². The van der Waals surface area contributed by atoms with Crippen molar-refractivity contribution in [3.8, 4) is 11.5 Å². The van der Waals surface area contributed by atoms with Crippen molar-refractivity contribution in [2.24, 2.45) is 0 Å². The number of carbonyl (C=O) groups is 3. The number of hydrogen-bond donors (Lipinski definition) is 2. The van der Waals surface area contributed by atoms with Gasteiger partial charge >= 0.3 is 0 Å². The maximum absolute atomic E-state index is 13.4. The van der Waals surface area contributed by atoms with Gasteiger partial charge in [-0.05, 0) is 55.7 Å². The van der Waals surface area contributed by atoms with Gasteiger partial charge < -0.3 is 24.6 Å². The summed E-state index contributed by atoms with van der Waals surface area (Å²) in [6.07, 6.45) is 0.297. The molecule has 2 aliphatic heterocycles. The van der Waals surface area contributed by atoms with Gasteiger partial charge in [0, 0.05) is 37.0 Å². The van der Waals surface area contributed by atoms with Crippen LogP contribution in [0.2, 0.25) is 0 Å². The topological polar surface area (TPSA) is 117 Å². The molecular formula is C29H33N5O5. The van der Waals surface area contributed by atoms with E-state index in [1.807, 2.05) is 51.1 Å². The molecule has 0 aliphatic carbocycles. The predicted molar refractivity (Wildman–Crippen MR) is 144 cm³/mol. The Morgan fingerprint density at radius 3 is 2.72 bits per heavy atom. The lowest BCUT2D eigenvalue weighted by Crippen LogP contribution is -2.48. The Labute approximate surface area is 227 Å². The third-order valence-corrected chi connectivity index (χ3v) is 7.32. The molecule has 0 unspecified atom stereocenters. The van der Waals surface area contributed by atoms with Gasteiger partial charge in [0.15, 0.2) is 5.69 Å². The molecule has 1 fully saturated rings. The van der Waals surface area contributed by atoms with Gasteiger partial charge in [0.05, 0.1) is 25.3 Å². The zero-order chi connectivity index (χ0) is 27.7. The molecule has 3 amide bonds. The number of benzene rings is 2. The molecule has 2 aromatic carbocycles. The first kappa shape index (κ1) is 26.4. The maximum Gasteiger partial charge on any atom is 0.274 e. The lowest BCUT2D eigenvalue weighted by Gasteiger charge is -2.23. The highest BCUT2D eigenvalue weighted by molar-refractivity contribution is 5.97. The Hall–Kier alpha value is -4.18. The average molecular weight is 532 g/mol. The standard InChI is InChI=1S/C29H33N5O5/c1-5-22-18(3)27(32-31-22)29(37)34-13-23-25(14-34)38-16-19-7-6-8-21(11-19)39-24-12-20(10-9-17(24)2)28(36)33(4)15-26(35)30-23/h6-12,23,25H,5,13-16H2,1-4H3,(H,30,35)(H,31,32)/t23-,25-/m0/s1. The van der Waals surface area contributed by atoms with E-state index in [0.29, 0.717) is 29.3 Å². The molecule has 3 heterocycles. The number of fused-ring (bicyclic) bond motifs is 5. The lowest BCUT2D eigenvalue weighted by atomic mass is 10.1. The highest BCUT2D eigenvalue weighted by Gasteiger charge is 2.38. The van der Waals surface area contributed by atoms with E-state index in [4.69, 9.17) is 9.47 Å². The molecule has 5 rings (SSSR count). The van der Waals surface area contributed by atoms with Crippen molar-refractivity contribution in [3.63, 3.8) is 0 Å². The van der Waals surface area contributed by atoms with Crippen LogP contribution in [0.15, 0.2) is 42.5 Å². The Morgan fingerprint density at radius 2 is 1.95 bits per heavy atom. The second-order valence-electron chi connectivity index (χ2n) is 10.2. The van der Waals surface area contributed by atoms with E-state index in [2.05, 4.69) is 15.5 Å². The van der Waals surface area contributed by atoms with Crippen LogP contribution < -0.4 is 10.1 Å². The number of amides is 3. The van der Waals surface area contributed by atoms with Crippen LogP contribution in [-0.2, 0) is 22.6 Å². The van der Waals surface area contributed by atoms with Gasteiger partial charge in [-0.15, -0.1) is 0 Å². The largest absolute Gasteiger partial charge is 0.457 e. The Balaban J connectivity index is 1.42. The SMILES string of the molecule is CCc1[nH]nc(C(=O)N2C[C@@H]3NC(=O)CN(C)C(=O)c4ccc(C)c(c4)Oc4cccc(c4)CO[C@H]3C2)c1C. The minimum absolute atomic E-state index is 0.141. The monoisotopic (exact) mass is 531 g/mol. The average Bonchev–Trinajstić information content (AvgIpc) is 3.50. The molecular weight excluding hydrogens is 498 g/mol. The van der Waals surface area contributed by atoms with E-state index in [1.165, 1.54) is 4.90 Å². The summed E-state index contributed by atoms with van der Waals surface area (Å²) in [7, 11) is 1.58. The highest BCUT2D eigenvalue weighted by atomic mass is 16.5. The fourth-order valence-corrected chi connectivity index (χ4v) is 5.02. The summed E-state index contributed by atoms with van der Waals surface area (Å²) in [5.74, 6) is 0.345. The summed E-state index contributed by atoms with van der Waals surface area (Å²) in [5, 5.41) is 10.2. The van der Waals surface area contributed by atoms with Crippen molar-refractivity contribution in [2.45, 2.75) is 45.9 Å². The summed E-state index contributed by atoms with van der Waals surface area (Å²) in [6, 6.07) is 12.3. The van der Waals surface area contributed by atoms with E-state index in [9.17, 15) is 14.4 Å². The zero-order valence-electron chi connectivity index (χ0n) is 22.6. The fraction of sp³-hybridized carbons (Fsp3) is 0.379. The molecule has 0 radical (unpaired) electrons. The first-order valence-electron chi connectivity index (χ1n) is 13.1. The second kappa shape index (κ2) is 10.9. The number of nitrogens with one attached hydrogen (secondary N) is 2. The minimum atomic E-state index is -0.451.